The molecule has 1 atom stereocenters. The van der Waals surface area contributed by atoms with E-state index in [1.54, 1.807) is 0 Å². The summed E-state index contributed by atoms with van der Waals surface area (Å²) in [5.41, 5.74) is 0. The van der Waals surface area contributed by atoms with Crippen LogP contribution in [-0.4, -0.2) is 78.5 Å². The van der Waals surface area contributed by atoms with Gasteiger partial charge in [-0.2, -0.15) is 0 Å². The van der Waals surface area contributed by atoms with Gasteiger partial charge in [-0.05, 0) is 45.3 Å². The van der Waals surface area contributed by atoms with E-state index in [4.69, 9.17) is 0 Å². The summed E-state index contributed by atoms with van der Waals surface area (Å²) in [7, 11) is 0. The van der Waals surface area contributed by atoms with Crippen molar-refractivity contribution in [3.63, 3.8) is 0 Å². The van der Waals surface area contributed by atoms with E-state index in [0.29, 0.717) is 12.6 Å². The molecule has 20 heavy (non-hydrogen) atoms. The Morgan fingerprint density at radius 3 is 2.55 bits per heavy atom. The molecule has 0 bridgehead atoms. The van der Waals surface area contributed by atoms with Gasteiger partial charge in [0.25, 0.3) is 0 Å². The summed E-state index contributed by atoms with van der Waals surface area (Å²) in [6.07, 6.45) is 5.18. The van der Waals surface area contributed by atoms with Crippen molar-refractivity contribution < 1.29 is 9.59 Å². The lowest BCUT2D eigenvalue weighted by Crippen LogP contribution is -2.49. The SMILES string of the molecule is O=C1CNC(=O)N1CCN1CCCC(N2CCCC2)C1. The highest BCUT2D eigenvalue weighted by molar-refractivity contribution is 6.01. The molecule has 6 nitrogen and oxygen atoms in total. The first-order chi connectivity index (χ1) is 9.74. The van der Waals surface area contributed by atoms with Gasteiger partial charge in [-0.1, -0.05) is 0 Å². The van der Waals surface area contributed by atoms with Crippen LogP contribution in [0.1, 0.15) is 25.7 Å². The Kier molecular flexibility index (Phi) is 4.21. The molecule has 1 unspecified atom stereocenters. The Bertz CT molecular complexity index is 365. The number of nitrogens with zero attached hydrogens (tertiary/aromatic N) is 3. The van der Waals surface area contributed by atoms with Crippen molar-refractivity contribution >= 4 is 11.9 Å². The molecule has 0 aromatic heterocycles. The van der Waals surface area contributed by atoms with Crippen molar-refractivity contribution in [1.29, 1.82) is 0 Å². The van der Waals surface area contributed by atoms with Gasteiger partial charge in [-0.3, -0.25) is 14.6 Å². The van der Waals surface area contributed by atoms with Crippen LogP contribution in [-0.2, 0) is 4.79 Å². The van der Waals surface area contributed by atoms with E-state index in [0.717, 1.165) is 19.6 Å². The second-order valence-corrected chi connectivity index (χ2v) is 6.04. The molecular weight excluding hydrogens is 256 g/mol. The fourth-order valence-electron chi connectivity index (χ4n) is 3.56. The zero-order valence-corrected chi connectivity index (χ0v) is 12.0. The predicted octanol–water partition coefficient (Wildman–Crippen LogP) is 0.0984. The monoisotopic (exact) mass is 280 g/mol. The Balaban J connectivity index is 1.47. The number of urea groups is 1. The maximum absolute atomic E-state index is 11.5. The van der Waals surface area contributed by atoms with Gasteiger partial charge < -0.3 is 10.2 Å². The third-order valence-electron chi connectivity index (χ3n) is 4.71. The zero-order chi connectivity index (χ0) is 13.9. The van der Waals surface area contributed by atoms with Crippen molar-refractivity contribution in [2.75, 3.05) is 45.8 Å². The molecule has 3 fully saturated rings. The molecule has 0 spiro atoms. The molecule has 6 heteroatoms. The van der Waals surface area contributed by atoms with E-state index in [-0.39, 0.29) is 18.5 Å². The summed E-state index contributed by atoms with van der Waals surface area (Å²) in [5, 5.41) is 2.57. The summed E-state index contributed by atoms with van der Waals surface area (Å²) in [6.45, 7) is 6.16. The number of amides is 3. The molecule has 112 valence electrons. The standard InChI is InChI=1S/C14H24N4O2/c19-13-10-15-14(20)18(13)9-8-16-5-3-4-12(11-16)17-6-1-2-7-17/h12H,1-11H2,(H,15,20). The number of likely N-dealkylation sites (tertiary alicyclic amines) is 2. The van der Waals surface area contributed by atoms with Crippen LogP contribution in [0.15, 0.2) is 0 Å². The fraction of sp³-hybridized carbons (Fsp3) is 0.857. The zero-order valence-electron chi connectivity index (χ0n) is 12.0. The molecule has 3 heterocycles. The number of hydrogen-bond acceptors (Lipinski definition) is 4. The minimum Gasteiger partial charge on any atom is -0.329 e. The van der Waals surface area contributed by atoms with Crippen molar-refractivity contribution in [2.45, 2.75) is 31.7 Å². The first-order valence-corrected chi connectivity index (χ1v) is 7.78. The van der Waals surface area contributed by atoms with Crippen molar-refractivity contribution in [1.82, 2.24) is 20.0 Å². The summed E-state index contributed by atoms with van der Waals surface area (Å²) < 4.78 is 0. The predicted molar refractivity (Wildman–Crippen MR) is 75.4 cm³/mol. The average Bonchev–Trinajstić information content (AvgIpc) is 3.09. The number of hydrogen-bond donors (Lipinski definition) is 1. The molecule has 0 aliphatic carbocycles. The second kappa shape index (κ2) is 6.10. The number of nitrogens with one attached hydrogen (secondary N) is 1. The lowest BCUT2D eigenvalue weighted by molar-refractivity contribution is -0.125. The van der Waals surface area contributed by atoms with Crippen molar-refractivity contribution in [3.8, 4) is 0 Å². The molecule has 1 N–H and O–H groups in total. The molecule has 0 aromatic rings. The number of rotatable bonds is 4. The lowest BCUT2D eigenvalue weighted by Gasteiger charge is -2.37. The Morgan fingerprint density at radius 1 is 1.05 bits per heavy atom. The van der Waals surface area contributed by atoms with Crippen LogP contribution < -0.4 is 5.32 Å². The Labute approximate surface area is 120 Å². The Morgan fingerprint density at radius 2 is 1.85 bits per heavy atom. The maximum Gasteiger partial charge on any atom is 0.324 e. The van der Waals surface area contributed by atoms with Gasteiger partial charge in [-0.15, -0.1) is 0 Å². The van der Waals surface area contributed by atoms with Crippen LogP contribution in [0.5, 0.6) is 0 Å². The van der Waals surface area contributed by atoms with Gasteiger partial charge in [0.15, 0.2) is 0 Å². The molecule has 0 radical (unpaired) electrons. The summed E-state index contributed by atoms with van der Waals surface area (Å²) in [4.78, 5) is 29.4. The van der Waals surface area contributed by atoms with Crippen LogP contribution in [0.4, 0.5) is 4.79 Å². The van der Waals surface area contributed by atoms with Crippen LogP contribution in [0.3, 0.4) is 0 Å². The van der Waals surface area contributed by atoms with E-state index < -0.39 is 0 Å². The molecule has 3 amide bonds. The molecule has 0 saturated carbocycles. The molecular formula is C14H24N4O2. The van der Waals surface area contributed by atoms with Gasteiger partial charge >= 0.3 is 6.03 Å². The minimum absolute atomic E-state index is 0.0943. The highest BCUT2D eigenvalue weighted by Gasteiger charge is 2.30. The minimum atomic E-state index is -0.233. The van der Waals surface area contributed by atoms with E-state index in [2.05, 4.69) is 15.1 Å². The molecule has 3 rings (SSSR count). The van der Waals surface area contributed by atoms with E-state index >= 15 is 0 Å². The van der Waals surface area contributed by atoms with Crippen LogP contribution in [0.2, 0.25) is 0 Å². The number of imide groups is 1. The smallest absolute Gasteiger partial charge is 0.324 e. The third kappa shape index (κ3) is 2.96. The maximum atomic E-state index is 11.5. The normalized spacial score (nSPS) is 29.2. The van der Waals surface area contributed by atoms with E-state index in [1.807, 2.05) is 0 Å². The Hall–Kier alpha value is -1.14. The van der Waals surface area contributed by atoms with Crippen LogP contribution in [0, 0.1) is 0 Å². The van der Waals surface area contributed by atoms with E-state index in [1.165, 1.54) is 43.7 Å². The summed E-state index contributed by atoms with van der Waals surface area (Å²) in [6, 6.07) is 0.442. The molecule has 0 aromatic carbocycles. The third-order valence-corrected chi connectivity index (χ3v) is 4.71. The first kappa shape index (κ1) is 13.8. The first-order valence-electron chi connectivity index (χ1n) is 7.78. The number of carbonyl (C=O) groups excluding carboxylic acids is 2. The largest absolute Gasteiger partial charge is 0.329 e. The van der Waals surface area contributed by atoms with Gasteiger partial charge in [-0.25, -0.2) is 4.79 Å². The van der Waals surface area contributed by atoms with Crippen LogP contribution >= 0.6 is 0 Å². The lowest BCUT2D eigenvalue weighted by atomic mass is 10.0. The molecule has 3 aliphatic rings. The van der Waals surface area contributed by atoms with Gasteiger partial charge in [0.2, 0.25) is 5.91 Å². The topological polar surface area (TPSA) is 55.9 Å². The van der Waals surface area contributed by atoms with Gasteiger partial charge in [0.05, 0.1) is 6.54 Å². The average molecular weight is 280 g/mol. The summed E-state index contributed by atoms with van der Waals surface area (Å²) >= 11 is 0. The highest BCUT2D eigenvalue weighted by Crippen LogP contribution is 2.20. The second-order valence-electron chi connectivity index (χ2n) is 6.04. The quantitative estimate of drug-likeness (QED) is 0.742. The van der Waals surface area contributed by atoms with Crippen molar-refractivity contribution in [2.24, 2.45) is 0 Å². The highest BCUT2D eigenvalue weighted by atomic mass is 16.2. The molecule has 3 saturated heterocycles. The van der Waals surface area contributed by atoms with Gasteiger partial charge in [0, 0.05) is 25.7 Å². The number of carbonyl (C=O) groups is 2. The fourth-order valence-corrected chi connectivity index (χ4v) is 3.56. The van der Waals surface area contributed by atoms with Crippen molar-refractivity contribution in [3.05, 3.63) is 0 Å². The molecule has 3 aliphatic heterocycles. The van der Waals surface area contributed by atoms with E-state index in [9.17, 15) is 9.59 Å². The number of piperidine rings is 1. The summed E-state index contributed by atoms with van der Waals surface area (Å²) in [5.74, 6) is -0.0943. The van der Waals surface area contributed by atoms with Crippen LogP contribution in [0.25, 0.3) is 0 Å². The van der Waals surface area contributed by atoms with Gasteiger partial charge in [0.1, 0.15) is 0 Å².